The van der Waals surface area contributed by atoms with Crippen molar-refractivity contribution in [3.05, 3.63) is 23.5 Å². The maximum absolute atomic E-state index is 12.5. The summed E-state index contributed by atoms with van der Waals surface area (Å²) in [6, 6.07) is 3.45. The molecule has 2 aromatic rings. The molecule has 3 rings (SSSR count). The summed E-state index contributed by atoms with van der Waals surface area (Å²) >= 11 is 0. The van der Waals surface area contributed by atoms with E-state index in [9.17, 15) is 27.9 Å². The predicted molar refractivity (Wildman–Crippen MR) is 121 cm³/mol. The minimum atomic E-state index is -4.38. The lowest BCUT2D eigenvalue weighted by Gasteiger charge is -2.27. The van der Waals surface area contributed by atoms with Crippen molar-refractivity contribution in [3.8, 4) is 17.1 Å². The summed E-state index contributed by atoms with van der Waals surface area (Å²) < 4.78 is 50.0. The molecule has 0 bridgehead atoms. The van der Waals surface area contributed by atoms with Crippen LogP contribution in [0.15, 0.2) is 12.1 Å². The molecule has 2 N–H and O–H groups in total. The Morgan fingerprint density at radius 2 is 2.06 bits per heavy atom. The number of pyridine rings is 1. The topological polar surface area (TPSA) is 128 Å². The van der Waals surface area contributed by atoms with Crippen LogP contribution in [0.3, 0.4) is 0 Å². The van der Waals surface area contributed by atoms with E-state index in [2.05, 4.69) is 20.6 Å². The Bertz CT molecular complexity index is 1070. The van der Waals surface area contributed by atoms with Gasteiger partial charge in [-0.15, -0.1) is 5.10 Å². The molecule has 0 radical (unpaired) electrons. The first kappa shape index (κ1) is 27.4. The minimum absolute atomic E-state index is 0.0213. The molecule has 2 aromatic heterocycles. The first-order valence-corrected chi connectivity index (χ1v) is 11.6. The lowest BCUT2D eigenvalue weighted by Crippen LogP contribution is -2.31. The van der Waals surface area contributed by atoms with Gasteiger partial charge in [0, 0.05) is 7.05 Å². The zero-order valence-electron chi connectivity index (χ0n) is 20.3. The van der Waals surface area contributed by atoms with Gasteiger partial charge in [0.05, 0.1) is 48.2 Å². The van der Waals surface area contributed by atoms with Crippen LogP contribution < -0.4 is 10.1 Å². The van der Waals surface area contributed by atoms with Crippen LogP contribution in [0, 0.1) is 18.8 Å². The highest BCUT2D eigenvalue weighted by molar-refractivity contribution is 5.77. The number of carboxylic acids is 1. The molecule has 0 aromatic carbocycles. The third-order valence-electron chi connectivity index (χ3n) is 6.10. The molecule has 13 heteroatoms. The summed E-state index contributed by atoms with van der Waals surface area (Å²) in [5, 5.41) is 20.0. The molecule has 1 aliphatic carbocycles. The highest BCUT2D eigenvalue weighted by Gasteiger charge is 2.36. The van der Waals surface area contributed by atoms with Gasteiger partial charge in [-0.3, -0.25) is 9.59 Å². The third kappa shape index (κ3) is 7.15. The number of rotatable bonds is 10. The summed E-state index contributed by atoms with van der Waals surface area (Å²) in [4.78, 5) is 27.9. The molecule has 0 saturated heterocycles. The number of amides is 1. The van der Waals surface area contributed by atoms with E-state index in [0.717, 1.165) is 19.8 Å². The first-order chi connectivity index (χ1) is 17.0. The summed E-state index contributed by atoms with van der Waals surface area (Å²) in [7, 11) is 1.64. The van der Waals surface area contributed by atoms with E-state index < -0.39 is 43.1 Å². The molecule has 198 valence electrons. The molecule has 2 unspecified atom stereocenters. The van der Waals surface area contributed by atoms with E-state index in [1.54, 1.807) is 26.1 Å². The largest absolute Gasteiger partial charge is 0.489 e. The van der Waals surface area contributed by atoms with Crippen molar-refractivity contribution in [3.63, 3.8) is 0 Å². The van der Waals surface area contributed by atoms with Crippen LogP contribution in [-0.4, -0.2) is 62.5 Å². The Balaban J connectivity index is 1.60. The lowest BCUT2D eigenvalue weighted by molar-refractivity contribution is -0.183. The zero-order valence-corrected chi connectivity index (χ0v) is 20.3. The number of hydrogen-bond donors (Lipinski definition) is 2. The van der Waals surface area contributed by atoms with Gasteiger partial charge in [0.1, 0.15) is 18.1 Å². The summed E-state index contributed by atoms with van der Waals surface area (Å²) in [6.45, 7) is 1.67. The Labute approximate surface area is 206 Å². The number of hydrogen-bond acceptors (Lipinski definition) is 7. The van der Waals surface area contributed by atoms with Crippen molar-refractivity contribution >= 4 is 11.9 Å². The molecule has 3 atom stereocenters. The number of aliphatic carboxylic acids is 1. The fourth-order valence-corrected chi connectivity index (χ4v) is 3.89. The Hall–Kier alpha value is -3.22. The number of aromatic nitrogens is 4. The van der Waals surface area contributed by atoms with Gasteiger partial charge in [-0.25, -0.2) is 9.67 Å². The van der Waals surface area contributed by atoms with Crippen LogP contribution in [0.5, 0.6) is 5.75 Å². The fourth-order valence-electron chi connectivity index (χ4n) is 3.89. The van der Waals surface area contributed by atoms with Crippen molar-refractivity contribution < 1.29 is 37.3 Å². The lowest BCUT2D eigenvalue weighted by atomic mass is 9.87. The van der Waals surface area contributed by atoms with E-state index in [1.165, 1.54) is 4.68 Å². The highest BCUT2D eigenvalue weighted by Crippen LogP contribution is 2.30. The van der Waals surface area contributed by atoms with Crippen LogP contribution in [-0.2, 0) is 27.9 Å². The quantitative estimate of drug-likeness (QED) is 0.496. The predicted octanol–water partition coefficient (Wildman–Crippen LogP) is 3.04. The van der Waals surface area contributed by atoms with E-state index in [4.69, 9.17) is 9.47 Å². The zero-order chi connectivity index (χ0) is 26.5. The molecule has 1 aliphatic rings. The smallest absolute Gasteiger partial charge is 0.393 e. The molecular formula is C23H30F3N5O5. The molecule has 1 amide bonds. The number of carbonyl (C=O) groups excluding carboxylic acids is 1. The number of carboxylic acid groups (broad SMARTS) is 1. The molecule has 0 spiro atoms. The molecule has 36 heavy (non-hydrogen) atoms. The second-order valence-corrected chi connectivity index (χ2v) is 8.96. The van der Waals surface area contributed by atoms with Crippen molar-refractivity contribution in [1.82, 2.24) is 25.3 Å². The number of ether oxygens (including phenoxy) is 2. The number of aryl methyl sites for hydroxylation is 2. The van der Waals surface area contributed by atoms with Crippen LogP contribution in [0.25, 0.3) is 11.4 Å². The van der Waals surface area contributed by atoms with Crippen molar-refractivity contribution in [2.24, 2.45) is 18.9 Å². The van der Waals surface area contributed by atoms with Gasteiger partial charge in [-0.2, -0.15) is 13.2 Å². The average Bonchev–Trinajstić information content (AvgIpc) is 3.18. The van der Waals surface area contributed by atoms with Crippen molar-refractivity contribution in [2.75, 3.05) is 13.2 Å². The van der Waals surface area contributed by atoms with E-state index >= 15 is 0 Å². The first-order valence-electron chi connectivity index (χ1n) is 11.6. The summed E-state index contributed by atoms with van der Waals surface area (Å²) in [5.41, 5.74) is 2.07. The number of nitrogens with zero attached hydrogens (tertiary/aromatic N) is 4. The van der Waals surface area contributed by atoms with E-state index in [-0.39, 0.29) is 12.6 Å². The summed E-state index contributed by atoms with van der Waals surface area (Å²) in [6.07, 6.45) is -1.92. The van der Waals surface area contributed by atoms with Gasteiger partial charge >= 0.3 is 12.1 Å². The fraction of sp³-hybridized carbons (Fsp3) is 0.609. The van der Waals surface area contributed by atoms with Crippen LogP contribution in [0.4, 0.5) is 13.2 Å². The van der Waals surface area contributed by atoms with Gasteiger partial charge in [0.25, 0.3) is 0 Å². The highest BCUT2D eigenvalue weighted by atomic mass is 19.4. The van der Waals surface area contributed by atoms with Gasteiger partial charge in [0.15, 0.2) is 0 Å². The standard InChI is InChI=1S/C23H30F3N5O5/c1-13(23(24,25)26)11-35-12-20(32)27-10-18-21(29-30-31(18)3)17-7-8-19(14(2)28-17)36-16-6-4-5-15(9-16)22(33)34/h7-8,13,15-16H,4-6,9-12H2,1-3H3,(H,27,32)(H,33,34)/t13?,15?,16-/m0/s1. The Morgan fingerprint density at radius 3 is 2.72 bits per heavy atom. The maximum Gasteiger partial charge on any atom is 0.393 e. The number of nitrogens with one attached hydrogen (secondary N) is 1. The molecule has 0 aliphatic heterocycles. The van der Waals surface area contributed by atoms with E-state index in [0.29, 0.717) is 41.4 Å². The molecular weight excluding hydrogens is 483 g/mol. The maximum atomic E-state index is 12.5. The van der Waals surface area contributed by atoms with Gasteiger partial charge in [-0.1, -0.05) is 12.1 Å². The second-order valence-electron chi connectivity index (χ2n) is 8.96. The Morgan fingerprint density at radius 1 is 1.31 bits per heavy atom. The molecule has 2 heterocycles. The normalized spacial score (nSPS) is 19.1. The number of alkyl halides is 3. The Kier molecular flexibility index (Phi) is 8.88. The molecule has 1 fully saturated rings. The number of halogens is 3. The van der Waals surface area contributed by atoms with Crippen LogP contribution in [0.1, 0.15) is 44.0 Å². The number of carbonyl (C=O) groups is 2. The van der Waals surface area contributed by atoms with E-state index in [1.807, 2.05) is 0 Å². The summed E-state index contributed by atoms with van der Waals surface area (Å²) in [5.74, 6) is -2.91. The average molecular weight is 514 g/mol. The third-order valence-corrected chi connectivity index (χ3v) is 6.10. The molecule has 10 nitrogen and oxygen atoms in total. The second kappa shape index (κ2) is 11.7. The van der Waals surface area contributed by atoms with Crippen LogP contribution in [0.2, 0.25) is 0 Å². The van der Waals surface area contributed by atoms with Crippen molar-refractivity contribution in [1.29, 1.82) is 0 Å². The monoisotopic (exact) mass is 513 g/mol. The van der Waals surface area contributed by atoms with Crippen LogP contribution >= 0.6 is 0 Å². The van der Waals surface area contributed by atoms with Crippen molar-refractivity contribution in [2.45, 2.75) is 58.4 Å². The minimum Gasteiger partial charge on any atom is -0.489 e. The van der Waals surface area contributed by atoms with Gasteiger partial charge in [0.2, 0.25) is 5.91 Å². The molecule has 1 saturated carbocycles. The van der Waals surface area contributed by atoms with Gasteiger partial charge in [-0.05, 0) is 44.7 Å². The SMILES string of the molecule is Cc1nc(-c2nnn(C)c2CNC(=O)COCC(C)C(F)(F)F)ccc1O[C@H]1CCCC(C(=O)O)C1. The van der Waals surface area contributed by atoms with Gasteiger partial charge < -0.3 is 19.9 Å².